The maximum atomic E-state index is 13.7. The Hall–Kier alpha value is -2.18. The highest BCUT2D eigenvalue weighted by Gasteiger charge is 2.30. The van der Waals surface area contributed by atoms with Gasteiger partial charge in [0.25, 0.3) is 10.0 Å². The molecule has 35 heavy (non-hydrogen) atoms. The molecule has 0 aromatic heterocycles. The molecule has 9 nitrogen and oxygen atoms in total. The number of hydrogen-bond donors (Lipinski definition) is 1. The van der Waals surface area contributed by atoms with Gasteiger partial charge in [-0.15, -0.1) is 0 Å². The summed E-state index contributed by atoms with van der Waals surface area (Å²) in [6, 6.07) is 6.62. The van der Waals surface area contributed by atoms with E-state index in [1.54, 1.807) is 26.0 Å². The fourth-order valence-electron chi connectivity index (χ4n) is 4.55. The second kappa shape index (κ2) is 10.1. The molecule has 2 aromatic rings. The predicted molar refractivity (Wildman–Crippen MR) is 135 cm³/mol. The van der Waals surface area contributed by atoms with Crippen LogP contribution in [0.5, 0.6) is 0 Å². The minimum Gasteiger partial charge on any atom is -0.379 e. The van der Waals surface area contributed by atoms with Crippen LogP contribution in [0.25, 0.3) is 0 Å². The molecule has 2 aliphatic rings. The minimum absolute atomic E-state index is 0.0444. The monoisotopic (exact) mass is 523 g/mol. The Morgan fingerprint density at radius 1 is 0.771 bits per heavy atom. The van der Waals surface area contributed by atoms with Crippen molar-refractivity contribution in [2.45, 2.75) is 37.5 Å². The predicted octanol–water partition coefficient (Wildman–Crippen LogP) is 2.58. The van der Waals surface area contributed by atoms with E-state index in [9.17, 15) is 16.8 Å². The molecule has 0 radical (unpaired) electrons. The number of aryl methyl sites for hydroxylation is 2. The molecule has 2 saturated heterocycles. The first-order valence-corrected chi connectivity index (χ1v) is 14.6. The van der Waals surface area contributed by atoms with E-state index in [1.165, 1.54) is 10.4 Å². The molecular weight excluding hydrogens is 490 g/mol. The molecule has 0 amide bonds. The van der Waals surface area contributed by atoms with E-state index in [2.05, 4.69) is 4.72 Å². The second-order valence-corrected chi connectivity index (χ2v) is 12.5. The topological polar surface area (TPSA) is 105 Å². The van der Waals surface area contributed by atoms with Crippen molar-refractivity contribution in [3.8, 4) is 0 Å². The summed E-state index contributed by atoms with van der Waals surface area (Å²) in [6.45, 7) is 10.7. The van der Waals surface area contributed by atoms with Crippen LogP contribution in [-0.2, 0) is 29.5 Å². The maximum absolute atomic E-state index is 13.7. The first-order valence-electron chi connectivity index (χ1n) is 11.7. The number of rotatable bonds is 6. The highest BCUT2D eigenvalue weighted by Crippen LogP contribution is 2.34. The lowest BCUT2D eigenvalue weighted by molar-refractivity contribution is 0.0730. The van der Waals surface area contributed by atoms with Gasteiger partial charge in [0.2, 0.25) is 10.0 Å². The zero-order valence-corrected chi connectivity index (χ0v) is 22.3. The van der Waals surface area contributed by atoms with Crippen molar-refractivity contribution in [1.29, 1.82) is 0 Å². The Balaban J connectivity index is 1.80. The number of hydrogen-bond acceptors (Lipinski definition) is 7. The van der Waals surface area contributed by atoms with Gasteiger partial charge in [0.1, 0.15) is 0 Å². The molecule has 0 spiro atoms. The van der Waals surface area contributed by atoms with Crippen molar-refractivity contribution >= 4 is 31.4 Å². The second-order valence-electron chi connectivity index (χ2n) is 8.99. The molecule has 0 aliphatic carbocycles. The summed E-state index contributed by atoms with van der Waals surface area (Å²) in [5, 5.41) is 0. The van der Waals surface area contributed by atoms with Crippen LogP contribution in [0.4, 0.5) is 11.4 Å². The van der Waals surface area contributed by atoms with Crippen LogP contribution in [-0.4, -0.2) is 73.7 Å². The van der Waals surface area contributed by atoms with E-state index in [1.807, 2.05) is 24.8 Å². The van der Waals surface area contributed by atoms with Gasteiger partial charge in [-0.05, 0) is 68.1 Å². The summed E-state index contributed by atoms with van der Waals surface area (Å²) in [6.07, 6.45) is 0. The van der Waals surface area contributed by atoms with Crippen molar-refractivity contribution in [2.75, 3.05) is 62.2 Å². The van der Waals surface area contributed by atoms with Gasteiger partial charge >= 0.3 is 0 Å². The van der Waals surface area contributed by atoms with Gasteiger partial charge in [0.05, 0.1) is 47.6 Å². The lowest BCUT2D eigenvalue weighted by atomic mass is 10.0. The number of nitrogens with zero attached hydrogens (tertiary/aromatic N) is 2. The summed E-state index contributed by atoms with van der Waals surface area (Å²) in [5.74, 6) is 0. The van der Waals surface area contributed by atoms with Gasteiger partial charge in [-0.2, -0.15) is 4.31 Å². The molecule has 4 rings (SSSR count). The van der Waals surface area contributed by atoms with Crippen molar-refractivity contribution in [3.05, 3.63) is 46.5 Å². The van der Waals surface area contributed by atoms with E-state index in [4.69, 9.17) is 9.47 Å². The summed E-state index contributed by atoms with van der Waals surface area (Å²) in [7, 11) is -7.81. The van der Waals surface area contributed by atoms with Gasteiger partial charge < -0.3 is 14.4 Å². The molecule has 0 atom stereocenters. The molecule has 2 aromatic carbocycles. The zero-order chi connectivity index (χ0) is 25.4. The van der Waals surface area contributed by atoms with Crippen molar-refractivity contribution in [1.82, 2.24) is 4.31 Å². The lowest BCUT2D eigenvalue weighted by Crippen LogP contribution is -2.40. The number of benzene rings is 2. The van der Waals surface area contributed by atoms with Gasteiger partial charge in [0, 0.05) is 26.2 Å². The Morgan fingerprint density at radius 2 is 1.31 bits per heavy atom. The van der Waals surface area contributed by atoms with Crippen LogP contribution in [0, 0.1) is 27.7 Å². The average molecular weight is 524 g/mol. The molecule has 0 saturated carbocycles. The van der Waals surface area contributed by atoms with Crippen LogP contribution in [0.3, 0.4) is 0 Å². The number of morpholine rings is 2. The normalized spacial score (nSPS) is 18.0. The van der Waals surface area contributed by atoms with E-state index in [-0.39, 0.29) is 28.6 Å². The van der Waals surface area contributed by atoms with Crippen LogP contribution in [0.1, 0.15) is 22.3 Å². The molecule has 2 aliphatic heterocycles. The van der Waals surface area contributed by atoms with E-state index in [0.29, 0.717) is 56.3 Å². The van der Waals surface area contributed by atoms with Crippen molar-refractivity contribution in [2.24, 2.45) is 0 Å². The van der Waals surface area contributed by atoms with E-state index < -0.39 is 20.0 Å². The molecule has 1 N–H and O–H groups in total. The smallest absolute Gasteiger partial charge is 0.262 e. The largest absolute Gasteiger partial charge is 0.379 e. The standard InChI is InChI=1S/C24H33N3O6S2/c1-17-15-18(2)20(4)24(19(17)3)34(28,29)25-22-16-21(35(30,31)27-9-13-33-14-10-27)5-6-23(22)26-7-11-32-12-8-26/h5-6,15-16,25H,7-14H2,1-4H3. The third-order valence-electron chi connectivity index (χ3n) is 6.74. The third-order valence-corrected chi connectivity index (χ3v) is 10.3. The van der Waals surface area contributed by atoms with Crippen LogP contribution >= 0.6 is 0 Å². The Morgan fingerprint density at radius 3 is 1.89 bits per heavy atom. The average Bonchev–Trinajstić information content (AvgIpc) is 2.83. The van der Waals surface area contributed by atoms with Crippen molar-refractivity contribution in [3.63, 3.8) is 0 Å². The SMILES string of the molecule is Cc1cc(C)c(C)c(S(=O)(=O)Nc2cc(S(=O)(=O)N3CCOCC3)ccc2N2CCOCC2)c1C. The maximum Gasteiger partial charge on any atom is 0.262 e. The number of anilines is 2. The fraction of sp³-hybridized carbons (Fsp3) is 0.500. The minimum atomic E-state index is -4.00. The molecule has 0 bridgehead atoms. The first-order chi connectivity index (χ1) is 16.5. The Labute approximate surface area is 208 Å². The summed E-state index contributed by atoms with van der Waals surface area (Å²) < 4.78 is 68.9. The summed E-state index contributed by atoms with van der Waals surface area (Å²) in [5.41, 5.74) is 3.96. The fourth-order valence-corrected chi connectivity index (χ4v) is 7.67. The van der Waals surface area contributed by atoms with Crippen molar-refractivity contribution < 1.29 is 26.3 Å². The van der Waals surface area contributed by atoms with E-state index in [0.717, 1.165) is 11.1 Å². The molecular formula is C24H33N3O6S2. The highest BCUT2D eigenvalue weighted by atomic mass is 32.2. The number of nitrogens with one attached hydrogen (secondary N) is 1. The third kappa shape index (κ3) is 5.19. The number of sulfonamides is 2. The van der Waals surface area contributed by atoms with Crippen LogP contribution in [0.15, 0.2) is 34.1 Å². The zero-order valence-electron chi connectivity index (χ0n) is 20.6. The molecule has 2 heterocycles. The van der Waals surface area contributed by atoms with Crippen LogP contribution < -0.4 is 9.62 Å². The van der Waals surface area contributed by atoms with Gasteiger partial charge in [-0.1, -0.05) is 6.07 Å². The quantitative estimate of drug-likeness (QED) is 0.620. The molecule has 2 fully saturated rings. The molecule has 11 heteroatoms. The molecule has 192 valence electrons. The van der Waals surface area contributed by atoms with Gasteiger partial charge in [-0.3, -0.25) is 4.72 Å². The highest BCUT2D eigenvalue weighted by molar-refractivity contribution is 7.93. The summed E-state index contributed by atoms with van der Waals surface area (Å²) in [4.78, 5) is 2.28. The van der Waals surface area contributed by atoms with E-state index >= 15 is 0 Å². The first kappa shape index (κ1) is 25.9. The van der Waals surface area contributed by atoms with Gasteiger partial charge in [0.15, 0.2) is 0 Å². The number of ether oxygens (including phenoxy) is 2. The van der Waals surface area contributed by atoms with Gasteiger partial charge in [-0.25, -0.2) is 16.8 Å². The Kier molecular flexibility index (Phi) is 7.44. The summed E-state index contributed by atoms with van der Waals surface area (Å²) >= 11 is 0. The molecule has 0 unspecified atom stereocenters. The lowest BCUT2D eigenvalue weighted by Gasteiger charge is -2.31. The van der Waals surface area contributed by atoms with Crippen LogP contribution in [0.2, 0.25) is 0 Å². The Bertz CT molecular complexity index is 1290.